The maximum Gasteiger partial charge on any atom is 0.0532 e. The number of ether oxygens (including phenoxy) is 1. The Bertz CT molecular complexity index is 131. The molecule has 0 radical (unpaired) electrons. The summed E-state index contributed by atoms with van der Waals surface area (Å²) in [5, 5.41) is 3.49. The van der Waals surface area contributed by atoms with E-state index < -0.39 is 0 Å². The standard InChI is InChI=1S/C8H15NO/c1-5(2)7-8(9-7)6-3-10-4-6/h5-9H,3-4H2,1-2H3/t7-,8-/m0/s1. The molecule has 0 saturated carbocycles. The van der Waals surface area contributed by atoms with Crippen LogP contribution in [0.3, 0.4) is 0 Å². The van der Waals surface area contributed by atoms with E-state index in [9.17, 15) is 0 Å². The summed E-state index contributed by atoms with van der Waals surface area (Å²) in [6.45, 7) is 6.52. The molecule has 2 nitrogen and oxygen atoms in total. The predicted molar refractivity (Wildman–Crippen MR) is 39.9 cm³/mol. The van der Waals surface area contributed by atoms with Crippen molar-refractivity contribution in [2.75, 3.05) is 13.2 Å². The van der Waals surface area contributed by atoms with Crippen molar-refractivity contribution in [3.8, 4) is 0 Å². The molecule has 2 aliphatic heterocycles. The van der Waals surface area contributed by atoms with Crippen LogP contribution in [0, 0.1) is 11.8 Å². The first-order chi connectivity index (χ1) is 4.79. The Morgan fingerprint density at radius 2 is 2.10 bits per heavy atom. The number of nitrogens with one attached hydrogen (secondary N) is 1. The average molecular weight is 141 g/mol. The van der Waals surface area contributed by atoms with Gasteiger partial charge in [0.15, 0.2) is 0 Å². The maximum absolute atomic E-state index is 5.12. The lowest BCUT2D eigenvalue weighted by atomic mass is 9.97. The quantitative estimate of drug-likeness (QED) is 0.572. The molecule has 58 valence electrons. The SMILES string of the molecule is CC(C)[C@@H]1N[C@H]1C1COC1. The Morgan fingerprint density at radius 1 is 1.40 bits per heavy atom. The molecule has 10 heavy (non-hydrogen) atoms. The molecule has 0 aromatic heterocycles. The van der Waals surface area contributed by atoms with Crippen LogP contribution in [-0.2, 0) is 4.74 Å². The molecular formula is C8H15NO. The van der Waals surface area contributed by atoms with E-state index >= 15 is 0 Å². The summed E-state index contributed by atoms with van der Waals surface area (Å²) < 4.78 is 5.12. The summed E-state index contributed by atoms with van der Waals surface area (Å²) in [7, 11) is 0. The van der Waals surface area contributed by atoms with Gasteiger partial charge in [0.05, 0.1) is 13.2 Å². The van der Waals surface area contributed by atoms with E-state index in [1.165, 1.54) is 0 Å². The van der Waals surface area contributed by atoms with Crippen LogP contribution in [0.15, 0.2) is 0 Å². The van der Waals surface area contributed by atoms with Crippen molar-refractivity contribution in [1.29, 1.82) is 0 Å². The first-order valence-corrected chi connectivity index (χ1v) is 4.13. The van der Waals surface area contributed by atoms with E-state index in [0.29, 0.717) is 0 Å². The molecule has 0 aliphatic carbocycles. The lowest BCUT2D eigenvalue weighted by molar-refractivity contribution is -0.0333. The topological polar surface area (TPSA) is 31.2 Å². The summed E-state index contributed by atoms with van der Waals surface area (Å²) in [5.41, 5.74) is 0. The van der Waals surface area contributed by atoms with Crippen LogP contribution in [-0.4, -0.2) is 25.3 Å². The van der Waals surface area contributed by atoms with Gasteiger partial charge in [-0.15, -0.1) is 0 Å². The van der Waals surface area contributed by atoms with E-state index in [-0.39, 0.29) is 0 Å². The van der Waals surface area contributed by atoms with Gasteiger partial charge in [0.2, 0.25) is 0 Å². The summed E-state index contributed by atoms with van der Waals surface area (Å²) in [6, 6.07) is 1.57. The van der Waals surface area contributed by atoms with Gasteiger partial charge in [-0.2, -0.15) is 0 Å². The van der Waals surface area contributed by atoms with E-state index in [1.807, 2.05) is 0 Å². The molecule has 0 aromatic carbocycles. The third-order valence-corrected chi connectivity index (χ3v) is 2.55. The van der Waals surface area contributed by atoms with Crippen molar-refractivity contribution in [1.82, 2.24) is 5.32 Å². The highest BCUT2D eigenvalue weighted by Crippen LogP contribution is 2.30. The van der Waals surface area contributed by atoms with Gasteiger partial charge in [-0.1, -0.05) is 13.8 Å². The van der Waals surface area contributed by atoms with Gasteiger partial charge < -0.3 is 10.1 Å². The Balaban J connectivity index is 1.78. The molecule has 2 aliphatic rings. The molecular weight excluding hydrogens is 126 g/mol. The average Bonchev–Trinajstić information content (AvgIpc) is 2.40. The van der Waals surface area contributed by atoms with Crippen molar-refractivity contribution in [2.24, 2.45) is 11.8 Å². The first-order valence-electron chi connectivity index (χ1n) is 4.13. The van der Waals surface area contributed by atoms with Crippen LogP contribution >= 0.6 is 0 Å². The molecule has 2 heterocycles. The van der Waals surface area contributed by atoms with Gasteiger partial charge in [-0.3, -0.25) is 0 Å². The molecule has 2 rings (SSSR count). The van der Waals surface area contributed by atoms with E-state index in [4.69, 9.17) is 4.74 Å². The van der Waals surface area contributed by atoms with Crippen LogP contribution in [0.4, 0.5) is 0 Å². The number of hydrogen-bond donors (Lipinski definition) is 1. The second-order valence-electron chi connectivity index (χ2n) is 3.76. The van der Waals surface area contributed by atoms with Gasteiger partial charge in [-0.05, 0) is 5.92 Å². The van der Waals surface area contributed by atoms with Gasteiger partial charge in [0, 0.05) is 18.0 Å². The molecule has 2 saturated heterocycles. The molecule has 2 heteroatoms. The van der Waals surface area contributed by atoms with Gasteiger partial charge >= 0.3 is 0 Å². The fourth-order valence-corrected chi connectivity index (χ4v) is 1.66. The molecule has 2 fully saturated rings. The van der Waals surface area contributed by atoms with E-state index in [2.05, 4.69) is 19.2 Å². The Morgan fingerprint density at radius 3 is 2.40 bits per heavy atom. The lowest BCUT2D eigenvalue weighted by Crippen LogP contribution is -2.34. The van der Waals surface area contributed by atoms with Crippen molar-refractivity contribution in [2.45, 2.75) is 25.9 Å². The van der Waals surface area contributed by atoms with Crippen LogP contribution in [0.5, 0.6) is 0 Å². The van der Waals surface area contributed by atoms with Gasteiger partial charge in [0.25, 0.3) is 0 Å². The summed E-state index contributed by atoms with van der Waals surface area (Å²) in [6.07, 6.45) is 0. The monoisotopic (exact) mass is 141 g/mol. The molecule has 0 amide bonds. The zero-order valence-corrected chi connectivity index (χ0v) is 6.63. The van der Waals surface area contributed by atoms with Crippen LogP contribution in [0.2, 0.25) is 0 Å². The fraction of sp³-hybridized carbons (Fsp3) is 1.00. The Hall–Kier alpha value is -0.0800. The van der Waals surface area contributed by atoms with E-state index in [1.54, 1.807) is 0 Å². The predicted octanol–water partition coefficient (Wildman–Crippen LogP) is 0.629. The van der Waals surface area contributed by atoms with Crippen molar-refractivity contribution in [3.63, 3.8) is 0 Å². The molecule has 0 spiro atoms. The molecule has 1 N–H and O–H groups in total. The Kier molecular flexibility index (Phi) is 1.46. The Labute approximate surface area is 61.9 Å². The maximum atomic E-state index is 5.12. The highest BCUT2D eigenvalue weighted by Gasteiger charge is 2.46. The zero-order chi connectivity index (χ0) is 7.14. The highest BCUT2D eigenvalue weighted by molar-refractivity contribution is 5.05. The minimum absolute atomic E-state index is 0.786. The highest BCUT2D eigenvalue weighted by atomic mass is 16.5. The molecule has 2 atom stereocenters. The first kappa shape index (κ1) is 6.62. The summed E-state index contributed by atoms with van der Waals surface area (Å²) >= 11 is 0. The van der Waals surface area contributed by atoms with Crippen LogP contribution in [0.25, 0.3) is 0 Å². The second-order valence-corrected chi connectivity index (χ2v) is 3.76. The van der Waals surface area contributed by atoms with Gasteiger partial charge in [-0.25, -0.2) is 0 Å². The minimum atomic E-state index is 0.786. The second kappa shape index (κ2) is 2.21. The molecule has 0 bridgehead atoms. The lowest BCUT2D eigenvalue weighted by Gasteiger charge is -2.25. The van der Waals surface area contributed by atoms with Crippen molar-refractivity contribution >= 4 is 0 Å². The summed E-state index contributed by atoms with van der Waals surface area (Å²) in [5.74, 6) is 1.62. The van der Waals surface area contributed by atoms with Crippen molar-refractivity contribution in [3.05, 3.63) is 0 Å². The zero-order valence-electron chi connectivity index (χ0n) is 6.63. The van der Waals surface area contributed by atoms with Crippen LogP contribution < -0.4 is 5.32 Å². The number of hydrogen-bond acceptors (Lipinski definition) is 2. The fourth-order valence-electron chi connectivity index (χ4n) is 1.66. The number of rotatable bonds is 2. The van der Waals surface area contributed by atoms with Crippen molar-refractivity contribution < 1.29 is 4.74 Å². The van der Waals surface area contributed by atoms with Crippen LogP contribution in [0.1, 0.15) is 13.8 Å². The van der Waals surface area contributed by atoms with Gasteiger partial charge in [0.1, 0.15) is 0 Å². The largest absolute Gasteiger partial charge is 0.381 e. The summed E-state index contributed by atoms with van der Waals surface area (Å²) in [4.78, 5) is 0. The smallest absolute Gasteiger partial charge is 0.0532 e. The van der Waals surface area contributed by atoms with E-state index in [0.717, 1.165) is 37.1 Å². The minimum Gasteiger partial charge on any atom is -0.381 e. The third-order valence-electron chi connectivity index (χ3n) is 2.55. The molecule has 0 unspecified atom stereocenters. The normalized spacial score (nSPS) is 39.9. The molecule has 0 aromatic rings. The third kappa shape index (κ3) is 0.956.